The van der Waals surface area contributed by atoms with Crippen molar-refractivity contribution < 1.29 is 4.21 Å². The van der Waals surface area contributed by atoms with Crippen LogP contribution in [0.25, 0.3) is 0 Å². The number of hydrogen-bond acceptors (Lipinski definition) is 4. The van der Waals surface area contributed by atoms with Crippen LogP contribution in [0, 0.1) is 12.8 Å². The first kappa shape index (κ1) is 11.7. The standard InChI is InChI=1S/C11H17N3OS/c1-9-2-7-13-11(14-9)16(15)8-10-3-5-12-6-4-10/h2,7,10,12H,3-6,8H2,1H3. The van der Waals surface area contributed by atoms with Gasteiger partial charge in [0.05, 0.1) is 10.8 Å². The van der Waals surface area contributed by atoms with Crippen LogP contribution in [0.15, 0.2) is 17.4 Å². The van der Waals surface area contributed by atoms with E-state index in [1.807, 2.05) is 13.0 Å². The third-order valence-corrected chi connectivity index (χ3v) is 4.20. The first-order chi connectivity index (χ1) is 7.75. The van der Waals surface area contributed by atoms with E-state index in [2.05, 4.69) is 15.3 Å². The summed E-state index contributed by atoms with van der Waals surface area (Å²) in [6, 6.07) is 1.82. The van der Waals surface area contributed by atoms with Crippen molar-refractivity contribution in [3.05, 3.63) is 18.0 Å². The number of hydrogen-bond donors (Lipinski definition) is 1. The Morgan fingerprint density at radius 1 is 1.50 bits per heavy atom. The number of nitrogens with one attached hydrogen (secondary N) is 1. The third kappa shape index (κ3) is 3.09. The van der Waals surface area contributed by atoms with Gasteiger partial charge in [0.15, 0.2) is 0 Å². The van der Waals surface area contributed by atoms with Gasteiger partial charge in [0.25, 0.3) is 0 Å². The van der Waals surface area contributed by atoms with E-state index < -0.39 is 10.8 Å². The normalized spacial score (nSPS) is 19.6. The lowest BCUT2D eigenvalue weighted by molar-refractivity contribution is 0.405. The van der Waals surface area contributed by atoms with Crippen LogP contribution in [0.2, 0.25) is 0 Å². The lowest BCUT2D eigenvalue weighted by Crippen LogP contribution is -2.30. The molecule has 88 valence electrons. The van der Waals surface area contributed by atoms with Crippen LogP contribution >= 0.6 is 0 Å². The zero-order valence-electron chi connectivity index (χ0n) is 9.48. The van der Waals surface area contributed by atoms with Gasteiger partial charge in [0, 0.05) is 17.6 Å². The predicted molar refractivity (Wildman–Crippen MR) is 63.6 cm³/mol. The topological polar surface area (TPSA) is 54.9 Å². The molecule has 0 saturated carbocycles. The van der Waals surface area contributed by atoms with Crippen molar-refractivity contribution in [3.8, 4) is 0 Å². The minimum Gasteiger partial charge on any atom is -0.317 e. The largest absolute Gasteiger partial charge is 0.317 e. The van der Waals surface area contributed by atoms with Gasteiger partial charge in [-0.2, -0.15) is 0 Å². The molecule has 2 heterocycles. The summed E-state index contributed by atoms with van der Waals surface area (Å²) in [6.45, 7) is 3.97. The highest BCUT2D eigenvalue weighted by atomic mass is 32.2. The van der Waals surface area contributed by atoms with E-state index in [4.69, 9.17) is 0 Å². The van der Waals surface area contributed by atoms with Crippen LogP contribution in [-0.4, -0.2) is 33.0 Å². The van der Waals surface area contributed by atoms with Gasteiger partial charge in [-0.15, -0.1) is 0 Å². The highest BCUT2D eigenvalue weighted by molar-refractivity contribution is 7.84. The van der Waals surface area contributed by atoms with Crippen molar-refractivity contribution in [2.45, 2.75) is 24.9 Å². The molecule has 1 unspecified atom stereocenters. The molecule has 5 heteroatoms. The molecule has 16 heavy (non-hydrogen) atoms. The number of piperidine rings is 1. The molecule has 1 aliphatic rings. The minimum absolute atomic E-state index is 0.485. The number of aromatic nitrogens is 2. The van der Waals surface area contributed by atoms with Crippen molar-refractivity contribution in [2.75, 3.05) is 18.8 Å². The second kappa shape index (κ2) is 5.50. The van der Waals surface area contributed by atoms with E-state index in [1.54, 1.807) is 6.20 Å². The lowest BCUT2D eigenvalue weighted by Gasteiger charge is -2.21. The molecule has 1 saturated heterocycles. The molecule has 4 nitrogen and oxygen atoms in total. The zero-order valence-corrected chi connectivity index (χ0v) is 10.3. The van der Waals surface area contributed by atoms with Crippen LogP contribution in [-0.2, 0) is 10.8 Å². The van der Waals surface area contributed by atoms with E-state index in [-0.39, 0.29) is 0 Å². The summed E-state index contributed by atoms with van der Waals surface area (Å²) in [7, 11) is -1.04. The highest BCUT2D eigenvalue weighted by Gasteiger charge is 2.18. The molecule has 1 fully saturated rings. The summed E-state index contributed by atoms with van der Waals surface area (Å²) in [5, 5.41) is 3.79. The maximum atomic E-state index is 12.0. The van der Waals surface area contributed by atoms with Gasteiger partial charge in [-0.1, -0.05) is 0 Å². The zero-order chi connectivity index (χ0) is 11.4. The average Bonchev–Trinajstić information content (AvgIpc) is 2.30. The maximum absolute atomic E-state index is 12.0. The number of rotatable bonds is 3. The van der Waals surface area contributed by atoms with E-state index >= 15 is 0 Å². The average molecular weight is 239 g/mol. The van der Waals surface area contributed by atoms with E-state index in [0.717, 1.165) is 31.6 Å². The van der Waals surface area contributed by atoms with Gasteiger partial charge in [-0.3, -0.25) is 4.21 Å². The first-order valence-corrected chi connectivity index (χ1v) is 6.96. The van der Waals surface area contributed by atoms with Gasteiger partial charge in [0.1, 0.15) is 0 Å². The molecule has 0 spiro atoms. The summed E-state index contributed by atoms with van der Waals surface area (Å²) in [5.74, 6) is 1.25. The van der Waals surface area contributed by atoms with Crippen LogP contribution in [0.1, 0.15) is 18.5 Å². The smallest absolute Gasteiger partial charge is 0.218 e. The van der Waals surface area contributed by atoms with Crippen molar-refractivity contribution in [1.82, 2.24) is 15.3 Å². The summed E-state index contributed by atoms with van der Waals surface area (Å²) in [6.07, 6.45) is 3.90. The van der Waals surface area contributed by atoms with E-state index in [9.17, 15) is 4.21 Å². The first-order valence-electron chi connectivity index (χ1n) is 5.64. The Kier molecular flexibility index (Phi) is 4.01. The van der Waals surface area contributed by atoms with Gasteiger partial charge in [-0.25, -0.2) is 9.97 Å². The fraction of sp³-hybridized carbons (Fsp3) is 0.636. The SMILES string of the molecule is Cc1ccnc(S(=O)CC2CCNCC2)n1. The quantitative estimate of drug-likeness (QED) is 0.796. The Labute approximate surface area is 98.3 Å². The van der Waals surface area contributed by atoms with E-state index in [0.29, 0.717) is 16.8 Å². The summed E-state index contributed by atoms with van der Waals surface area (Å²) >= 11 is 0. The Bertz CT molecular complexity index is 377. The van der Waals surface area contributed by atoms with Crippen LogP contribution in [0.3, 0.4) is 0 Å². The molecule has 2 rings (SSSR count). The monoisotopic (exact) mass is 239 g/mol. The van der Waals surface area contributed by atoms with Crippen molar-refractivity contribution in [1.29, 1.82) is 0 Å². The molecule has 0 amide bonds. The predicted octanol–water partition coefficient (Wildman–Crippen LogP) is 0.892. The molecule has 1 aromatic heterocycles. The van der Waals surface area contributed by atoms with Crippen LogP contribution in [0.5, 0.6) is 0 Å². The molecule has 0 aliphatic carbocycles. The molecule has 1 atom stereocenters. The molecule has 0 aromatic carbocycles. The second-order valence-electron chi connectivity index (χ2n) is 4.19. The molecular formula is C11H17N3OS. The van der Waals surface area contributed by atoms with Crippen LogP contribution in [0.4, 0.5) is 0 Å². The Morgan fingerprint density at radius 3 is 2.94 bits per heavy atom. The van der Waals surface area contributed by atoms with Gasteiger partial charge in [-0.05, 0) is 44.8 Å². The fourth-order valence-corrected chi connectivity index (χ4v) is 3.21. The molecule has 1 aromatic rings. The Morgan fingerprint density at radius 2 is 2.25 bits per heavy atom. The van der Waals surface area contributed by atoms with Crippen molar-refractivity contribution >= 4 is 10.8 Å². The summed E-state index contributed by atoms with van der Waals surface area (Å²) in [4.78, 5) is 8.29. The minimum atomic E-state index is -1.04. The molecule has 0 radical (unpaired) electrons. The number of aryl methyl sites for hydroxylation is 1. The van der Waals surface area contributed by atoms with Crippen LogP contribution < -0.4 is 5.32 Å². The Hall–Kier alpha value is -0.810. The second-order valence-corrected chi connectivity index (χ2v) is 5.58. The molecule has 1 aliphatic heterocycles. The summed E-state index contributed by atoms with van der Waals surface area (Å²) in [5.41, 5.74) is 0.878. The maximum Gasteiger partial charge on any atom is 0.218 e. The van der Waals surface area contributed by atoms with Gasteiger partial charge >= 0.3 is 0 Å². The van der Waals surface area contributed by atoms with Crippen molar-refractivity contribution in [2.24, 2.45) is 5.92 Å². The summed E-state index contributed by atoms with van der Waals surface area (Å²) < 4.78 is 12.0. The third-order valence-electron chi connectivity index (χ3n) is 2.82. The van der Waals surface area contributed by atoms with Gasteiger partial charge < -0.3 is 5.32 Å². The van der Waals surface area contributed by atoms with E-state index in [1.165, 1.54) is 0 Å². The lowest BCUT2D eigenvalue weighted by atomic mass is 10.0. The highest BCUT2D eigenvalue weighted by Crippen LogP contribution is 2.15. The molecular weight excluding hydrogens is 222 g/mol. The van der Waals surface area contributed by atoms with Gasteiger partial charge in [0.2, 0.25) is 5.16 Å². The Balaban J connectivity index is 1.97. The fourth-order valence-electron chi connectivity index (χ4n) is 1.87. The van der Waals surface area contributed by atoms with Crippen molar-refractivity contribution in [3.63, 3.8) is 0 Å². The number of nitrogens with zero attached hydrogens (tertiary/aromatic N) is 2. The molecule has 0 bridgehead atoms. The molecule has 1 N–H and O–H groups in total.